The Balaban J connectivity index is 3.21. The Hall–Kier alpha value is -1.58. The summed E-state index contributed by atoms with van der Waals surface area (Å²) in [6.07, 6.45) is 1.87. The SMILES string of the molecule is Cc1nn(C)c(C)c1C(=O)C=CO. The van der Waals surface area contributed by atoms with E-state index >= 15 is 0 Å². The molecule has 0 aromatic carbocycles. The van der Waals surface area contributed by atoms with Crippen LogP contribution in [0.1, 0.15) is 21.7 Å². The lowest BCUT2D eigenvalue weighted by molar-refractivity contribution is 0.104. The van der Waals surface area contributed by atoms with Gasteiger partial charge in [-0.05, 0) is 13.8 Å². The molecule has 0 unspecified atom stereocenters. The van der Waals surface area contributed by atoms with Crippen molar-refractivity contribution in [3.05, 3.63) is 29.3 Å². The molecule has 0 aliphatic carbocycles. The average molecular weight is 180 g/mol. The Morgan fingerprint density at radius 3 is 2.54 bits per heavy atom. The first-order valence-corrected chi connectivity index (χ1v) is 3.93. The molecule has 0 spiro atoms. The van der Waals surface area contributed by atoms with E-state index in [1.807, 2.05) is 6.92 Å². The number of allylic oxidation sites excluding steroid dienone is 1. The van der Waals surface area contributed by atoms with Crippen LogP contribution in [0.3, 0.4) is 0 Å². The third kappa shape index (κ3) is 1.61. The van der Waals surface area contributed by atoms with Gasteiger partial charge >= 0.3 is 0 Å². The van der Waals surface area contributed by atoms with Crippen LogP contribution in [0.15, 0.2) is 12.3 Å². The van der Waals surface area contributed by atoms with Gasteiger partial charge in [-0.15, -0.1) is 0 Å². The zero-order valence-electron chi connectivity index (χ0n) is 7.90. The molecule has 0 radical (unpaired) electrons. The number of aliphatic hydroxyl groups excluding tert-OH is 1. The zero-order chi connectivity index (χ0) is 10.0. The third-order valence-corrected chi connectivity index (χ3v) is 1.98. The van der Waals surface area contributed by atoms with Crippen molar-refractivity contribution in [2.24, 2.45) is 7.05 Å². The van der Waals surface area contributed by atoms with Crippen molar-refractivity contribution in [2.45, 2.75) is 13.8 Å². The first kappa shape index (κ1) is 9.51. The molecule has 0 saturated heterocycles. The van der Waals surface area contributed by atoms with Crippen molar-refractivity contribution >= 4 is 5.78 Å². The molecule has 1 rings (SSSR count). The van der Waals surface area contributed by atoms with Gasteiger partial charge in [0, 0.05) is 18.8 Å². The Morgan fingerprint density at radius 2 is 2.15 bits per heavy atom. The molecule has 70 valence electrons. The van der Waals surface area contributed by atoms with Crippen LogP contribution < -0.4 is 0 Å². The minimum Gasteiger partial charge on any atom is -0.515 e. The van der Waals surface area contributed by atoms with Gasteiger partial charge in [0.2, 0.25) is 0 Å². The van der Waals surface area contributed by atoms with Crippen LogP contribution in [0.25, 0.3) is 0 Å². The van der Waals surface area contributed by atoms with E-state index in [1.165, 1.54) is 0 Å². The van der Waals surface area contributed by atoms with Crippen molar-refractivity contribution in [3.8, 4) is 0 Å². The minimum absolute atomic E-state index is 0.217. The smallest absolute Gasteiger partial charge is 0.192 e. The Bertz CT molecular complexity index is 364. The van der Waals surface area contributed by atoms with Gasteiger partial charge in [-0.3, -0.25) is 9.48 Å². The standard InChI is InChI=1S/C9H12N2O2/c1-6-9(8(13)4-5-12)7(2)11(3)10-6/h4-5,12H,1-3H3. The van der Waals surface area contributed by atoms with Gasteiger partial charge in [-0.1, -0.05) is 0 Å². The van der Waals surface area contributed by atoms with E-state index in [0.717, 1.165) is 18.0 Å². The van der Waals surface area contributed by atoms with E-state index in [-0.39, 0.29) is 5.78 Å². The molecule has 0 aliphatic rings. The fraction of sp³-hybridized carbons (Fsp3) is 0.333. The van der Waals surface area contributed by atoms with Crippen LogP contribution in [-0.4, -0.2) is 20.7 Å². The summed E-state index contributed by atoms with van der Waals surface area (Å²) in [7, 11) is 1.78. The maximum atomic E-state index is 11.4. The number of aryl methyl sites for hydroxylation is 2. The van der Waals surface area contributed by atoms with Gasteiger partial charge in [0.1, 0.15) is 0 Å². The number of nitrogens with zero attached hydrogens (tertiary/aromatic N) is 2. The number of carbonyl (C=O) groups is 1. The second-order valence-electron chi connectivity index (χ2n) is 2.85. The van der Waals surface area contributed by atoms with E-state index in [9.17, 15) is 4.79 Å². The quantitative estimate of drug-likeness (QED) is 0.424. The molecule has 0 atom stereocenters. The highest BCUT2D eigenvalue weighted by molar-refractivity contribution is 6.05. The van der Waals surface area contributed by atoms with Crippen molar-refractivity contribution in [1.82, 2.24) is 9.78 Å². The highest BCUT2D eigenvalue weighted by Crippen LogP contribution is 2.12. The molecular formula is C9H12N2O2. The van der Waals surface area contributed by atoms with Crippen LogP contribution >= 0.6 is 0 Å². The minimum atomic E-state index is -0.217. The summed E-state index contributed by atoms with van der Waals surface area (Å²) in [6, 6.07) is 0. The summed E-state index contributed by atoms with van der Waals surface area (Å²) in [5.41, 5.74) is 2.05. The summed E-state index contributed by atoms with van der Waals surface area (Å²) in [5, 5.41) is 12.6. The average Bonchev–Trinajstić information content (AvgIpc) is 2.27. The molecule has 0 bridgehead atoms. The van der Waals surface area contributed by atoms with Gasteiger partial charge in [-0.25, -0.2) is 0 Å². The maximum absolute atomic E-state index is 11.4. The van der Waals surface area contributed by atoms with E-state index in [4.69, 9.17) is 5.11 Å². The lowest BCUT2D eigenvalue weighted by Crippen LogP contribution is -1.99. The molecular weight excluding hydrogens is 168 g/mol. The Kier molecular flexibility index (Phi) is 2.51. The van der Waals surface area contributed by atoms with Gasteiger partial charge in [0.05, 0.1) is 17.5 Å². The summed E-state index contributed by atoms with van der Waals surface area (Å²) >= 11 is 0. The summed E-state index contributed by atoms with van der Waals surface area (Å²) in [4.78, 5) is 11.4. The molecule has 4 heteroatoms. The second kappa shape index (κ2) is 3.43. The molecule has 1 aromatic heterocycles. The summed E-state index contributed by atoms with van der Waals surface area (Å²) in [5.74, 6) is -0.217. The van der Waals surface area contributed by atoms with Gasteiger partial charge in [-0.2, -0.15) is 5.10 Å². The topological polar surface area (TPSA) is 55.1 Å². The van der Waals surface area contributed by atoms with Crippen LogP contribution in [0, 0.1) is 13.8 Å². The van der Waals surface area contributed by atoms with E-state index < -0.39 is 0 Å². The van der Waals surface area contributed by atoms with Crippen LogP contribution in [0.5, 0.6) is 0 Å². The number of carbonyl (C=O) groups excluding carboxylic acids is 1. The highest BCUT2D eigenvalue weighted by atomic mass is 16.2. The molecule has 1 N–H and O–H groups in total. The number of ketones is 1. The van der Waals surface area contributed by atoms with E-state index in [1.54, 1.807) is 18.7 Å². The Labute approximate surface area is 76.5 Å². The molecule has 1 aromatic rings. The molecule has 1 heterocycles. The fourth-order valence-electron chi connectivity index (χ4n) is 1.28. The van der Waals surface area contributed by atoms with Crippen molar-refractivity contribution < 1.29 is 9.90 Å². The third-order valence-electron chi connectivity index (χ3n) is 1.98. The lowest BCUT2D eigenvalue weighted by atomic mass is 10.1. The predicted octanol–water partition coefficient (Wildman–Crippen LogP) is 1.29. The van der Waals surface area contributed by atoms with Crippen LogP contribution in [-0.2, 0) is 7.05 Å². The molecule has 0 fully saturated rings. The number of rotatable bonds is 2. The van der Waals surface area contributed by atoms with Gasteiger partial charge in [0.15, 0.2) is 5.78 Å². The van der Waals surface area contributed by atoms with Crippen molar-refractivity contribution in [3.63, 3.8) is 0 Å². The number of aromatic nitrogens is 2. The first-order valence-electron chi connectivity index (χ1n) is 3.93. The monoisotopic (exact) mass is 180 g/mol. The number of aliphatic hydroxyl groups is 1. The molecule has 4 nitrogen and oxygen atoms in total. The Morgan fingerprint density at radius 1 is 1.54 bits per heavy atom. The normalized spacial score (nSPS) is 11.0. The number of hydrogen-bond acceptors (Lipinski definition) is 3. The largest absolute Gasteiger partial charge is 0.515 e. The zero-order valence-corrected chi connectivity index (χ0v) is 7.90. The number of hydrogen-bond donors (Lipinski definition) is 1. The van der Waals surface area contributed by atoms with E-state index in [2.05, 4.69) is 5.10 Å². The molecule has 0 saturated carbocycles. The first-order chi connectivity index (χ1) is 6.07. The predicted molar refractivity (Wildman–Crippen MR) is 48.8 cm³/mol. The van der Waals surface area contributed by atoms with Gasteiger partial charge in [0.25, 0.3) is 0 Å². The molecule has 13 heavy (non-hydrogen) atoms. The molecule has 0 aliphatic heterocycles. The van der Waals surface area contributed by atoms with E-state index in [0.29, 0.717) is 11.3 Å². The summed E-state index contributed by atoms with van der Waals surface area (Å²) < 4.78 is 1.65. The fourth-order valence-corrected chi connectivity index (χ4v) is 1.28. The molecule has 0 amide bonds. The summed E-state index contributed by atoms with van der Waals surface area (Å²) in [6.45, 7) is 3.59. The van der Waals surface area contributed by atoms with Crippen molar-refractivity contribution in [1.29, 1.82) is 0 Å². The second-order valence-corrected chi connectivity index (χ2v) is 2.85. The van der Waals surface area contributed by atoms with Crippen LogP contribution in [0.4, 0.5) is 0 Å². The van der Waals surface area contributed by atoms with Crippen molar-refractivity contribution in [2.75, 3.05) is 0 Å². The maximum Gasteiger partial charge on any atom is 0.192 e. The lowest BCUT2D eigenvalue weighted by Gasteiger charge is -1.95. The van der Waals surface area contributed by atoms with Gasteiger partial charge < -0.3 is 5.11 Å². The van der Waals surface area contributed by atoms with Crippen LogP contribution in [0.2, 0.25) is 0 Å². The highest BCUT2D eigenvalue weighted by Gasteiger charge is 2.14.